The molecule has 0 saturated carbocycles. The summed E-state index contributed by atoms with van der Waals surface area (Å²) in [6.07, 6.45) is 0.314. The van der Waals surface area contributed by atoms with Crippen molar-refractivity contribution in [2.24, 2.45) is 0 Å². The van der Waals surface area contributed by atoms with E-state index in [-0.39, 0.29) is 65.4 Å². The predicted molar refractivity (Wildman–Crippen MR) is 35.4 cm³/mol. The number of nitriles is 1. The van der Waals surface area contributed by atoms with Crippen LogP contribution in [0.5, 0.6) is 0 Å². The van der Waals surface area contributed by atoms with E-state index in [2.05, 4.69) is 4.52 Å². The van der Waals surface area contributed by atoms with E-state index in [4.69, 9.17) is 5.26 Å². The molecule has 0 aliphatic carbocycles. The Bertz CT molecular complexity index is 94.1. The molecule has 0 amide bonds. The van der Waals surface area contributed by atoms with Crippen LogP contribution in [-0.2, 0) is 4.52 Å². The second-order valence-corrected chi connectivity index (χ2v) is 2.32. The van der Waals surface area contributed by atoms with Gasteiger partial charge in [0.15, 0.2) is 0 Å². The third-order valence-corrected chi connectivity index (χ3v) is 1.03. The minimum atomic E-state index is -1.51. The Kier molecular flexibility index (Phi) is 23.0. The van der Waals surface area contributed by atoms with Crippen LogP contribution >= 0.6 is 8.38 Å². The zero-order valence-corrected chi connectivity index (χ0v) is 10.6. The van der Waals surface area contributed by atoms with Gasteiger partial charge in [-0.1, -0.05) is 8.38 Å². The molecule has 0 aromatic heterocycles. The third kappa shape index (κ3) is 16.2. The molecule has 1 unspecified atom stereocenters. The van der Waals surface area contributed by atoms with Crippen molar-refractivity contribution in [1.82, 2.24) is 0 Å². The van der Waals surface area contributed by atoms with Crippen LogP contribution in [0.15, 0.2) is 0 Å². The van der Waals surface area contributed by atoms with Crippen LogP contribution in [0, 0.1) is 18.8 Å². The van der Waals surface area contributed by atoms with Crippen molar-refractivity contribution in [3.63, 3.8) is 0 Å². The summed E-state index contributed by atoms with van der Waals surface area (Å²) in [5.41, 5.74) is 0. The van der Waals surface area contributed by atoms with Crippen LogP contribution in [-0.4, -0.2) is 13.3 Å². The molecular formula is C5H10KNO2P-. The van der Waals surface area contributed by atoms with E-state index < -0.39 is 8.38 Å². The quantitative estimate of drug-likeness (QED) is 0.215. The molecule has 0 aliphatic rings. The van der Waals surface area contributed by atoms with Crippen LogP contribution in [0.25, 0.3) is 0 Å². The summed E-state index contributed by atoms with van der Waals surface area (Å²) in [6, 6.07) is 1.87. The first kappa shape index (κ1) is 17.5. The van der Waals surface area contributed by atoms with E-state index in [9.17, 15) is 4.89 Å². The fourth-order valence-corrected chi connectivity index (χ4v) is 0.568. The Morgan fingerprint density at radius 1 is 1.70 bits per heavy atom. The molecule has 5 heteroatoms. The molecule has 0 spiro atoms. The van der Waals surface area contributed by atoms with E-state index in [0.717, 1.165) is 0 Å². The second kappa shape index (κ2) is 13.1. The van der Waals surface area contributed by atoms with Crippen LogP contribution in [0.1, 0.15) is 6.42 Å². The molecule has 0 N–H and O–H groups in total. The first-order valence-electron chi connectivity index (χ1n) is 2.18. The van der Waals surface area contributed by atoms with Gasteiger partial charge < -0.3 is 16.8 Å². The molecule has 0 fully saturated rings. The van der Waals surface area contributed by atoms with Crippen molar-refractivity contribution >= 4 is 8.38 Å². The number of rotatable bonds is 3. The van der Waals surface area contributed by atoms with Crippen molar-refractivity contribution in [3.8, 4) is 6.07 Å². The number of hydrogen-bond donors (Lipinski definition) is 0. The largest absolute Gasteiger partial charge is 1.00 e. The van der Waals surface area contributed by atoms with Gasteiger partial charge in [-0.2, -0.15) is 5.26 Å². The van der Waals surface area contributed by atoms with Gasteiger partial charge in [0, 0.05) is 0 Å². The monoisotopic (exact) mass is 186 g/mol. The van der Waals surface area contributed by atoms with Gasteiger partial charge in [0.1, 0.15) is 0 Å². The van der Waals surface area contributed by atoms with Crippen LogP contribution in [0.2, 0.25) is 0 Å². The SMILES string of the molecule is CP([O-])OCCC#N.[CH3-].[K+]. The first-order valence-corrected chi connectivity index (χ1v) is 3.80. The van der Waals surface area contributed by atoms with Gasteiger partial charge in [0.25, 0.3) is 0 Å². The van der Waals surface area contributed by atoms with Gasteiger partial charge in [0.05, 0.1) is 19.1 Å². The fourth-order valence-electron chi connectivity index (χ4n) is 0.220. The average Bonchev–Trinajstić information content (AvgIpc) is 1.66. The Morgan fingerprint density at radius 3 is 2.50 bits per heavy atom. The smallest absolute Gasteiger partial charge is 0.808 e. The van der Waals surface area contributed by atoms with Crippen molar-refractivity contribution in [2.75, 3.05) is 13.3 Å². The molecule has 0 aliphatic heterocycles. The Labute approximate surface area is 106 Å². The van der Waals surface area contributed by atoms with Gasteiger partial charge in [-0.15, -0.1) is 0 Å². The Morgan fingerprint density at radius 2 is 2.20 bits per heavy atom. The maximum absolute atomic E-state index is 10.1. The summed E-state index contributed by atoms with van der Waals surface area (Å²) in [5, 5.41) is 7.95. The van der Waals surface area contributed by atoms with Gasteiger partial charge in [-0.25, -0.2) is 0 Å². The van der Waals surface area contributed by atoms with E-state index in [1.54, 1.807) is 0 Å². The second-order valence-electron chi connectivity index (χ2n) is 1.18. The van der Waals surface area contributed by atoms with E-state index in [1.807, 2.05) is 6.07 Å². The van der Waals surface area contributed by atoms with Gasteiger partial charge in [-0.05, 0) is 6.66 Å². The van der Waals surface area contributed by atoms with Gasteiger partial charge >= 0.3 is 51.4 Å². The molecule has 3 nitrogen and oxygen atoms in total. The minimum absolute atomic E-state index is 0. The van der Waals surface area contributed by atoms with Crippen molar-refractivity contribution in [3.05, 3.63) is 7.43 Å². The summed E-state index contributed by atoms with van der Waals surface area (Å²) < 4.78 is 4.57. The maximum Gasteiger partial charge on any atom is 1.00 e. The van der Waals surface area contributed by atoms with Crippen molar-refractivity contribution < 1.29 is 60.8 Å². The standard InChI is InChI=1S/C4H7NO2P.CH3.K/c1-8(6)7-4-2-3-5;;/h2,4H2,1H3;1H3;/q2*-1;+1. The Balaban J connectivity index is -0.000000245. The molecule has 1 atom stereocenters. The topological polar surface area (TPSA) is 56.1 Å². The molecular weight excluding hydrogens is 176 g/mol. The summed E-state index contributed by atoms with van der Waals surface area (Å²) in [6.45, 7) is 1.74. The van der Waals surface area contributed by atoms with Crippen LogP contribution in [0.4, 0.5) is 0 Å². The van der Waals surface area contributed by atoms with Crippen molar-refractivity contribution in [1.29, 1.82) is 5.26 Å². The zero-order chi connectivity index (χ0) is 6.41. The molecule has 0 aromatic carbocycles. The van der Waals surface area contributed by atoms with Crippen LogP contribution < -0.4 is 56.3 Å². The molecule has 0 radical (unpaired) electrons. The van der Waals surface area contributed by atoms with Gasteiger partial charge in [-0.3, -0.25) is 0 Å². The normalized spacial score (nSPS) is 10.1. The number of hydrogen-bond acceptors (Lipinski definition) is 3. The molecule has 10 heavy (non-hydrogen) atoms. The molecule has 0 heterocycles. The predicted octanol–water partition coefficient (Wildman–Crippen LogP) is -2.33. The third-order valence-electron chi connectivity index (χ3n) is 0.487. The summed E-state index contributed by atoms with van der Waals surface area (Å²) >= 11 is 0. The molecule has 0 aromatic rings. The van der Waals surface area contributed by atoms with Gasteiger partial charge in [0.2, 0.25) is 0 Å². The molecule has 54 valence electrons. The van der Waals surface area contributed by atoms with Crippen molar-refractivity contribution in [2.45, 2.75) is 6.42 Å². The molecule has 0 rings (SSSR count). The summed E-state index contributed by atoms with van der Waals surface area (Å²) in [4.78, 5) is 10.1. The summed E-state index contributed by atoms with van der Waals surface area (Å²) in [7, 11) is -1.51. The molecule has 0 saturated heterocycles. The summed E-state index contributed by atoms with van der Waals surface area (Å²) in [5.74, 6) is 0. The van der Waals surface area contributed by atoms with E-state index in [1.165, 1.54) is 6.66 Å². The average molecular weight is 186 g/mol. The van der Waals surface area contributed by atoms with Crippen LogP contribution in [0.3, 0.4) is 0 Å². The number of nitrogens with zero attached hydrogens (tertiary/aromatic N) is 1. The van der Waals surface area contributed by atoms with E-state index >= 15 is 0 Å². The molecule has 0 bridgehead atoms. The zero-order valence-electron chi connectivity index (χ0n) is 6.63. The Hall–Kier alpha value is 1.48. The first-order chi connectivity index (χ1) is 3.77. The maximum atomic E-state index is 10.1. The fraction of sp³-hybridized carbons (Fsp3) is 0.600. The van der Waals surface area contributed by atoms with E-state index in [0.29, 0.717) is 6.42 Å². The minimum Gasteiger partial charge on any atom is -0.808 e.